The predicted molar refractivity (Wildman–Crippen MR) is 544 cm³/mol. The van der Waals surface area contributed by atoms with Crippen molar-refractivity contribution in [3.8, 4) is 0 Å². The summed E-state index contributed by atoms with van der Waals surface area (Å²) < 4.78 is 199. The van der Waals surface area contributed by atoms with Crippen molar-refractivity contribution in [2.24, 2.45) is 23.8 Å². The summed E-state index contributed by atoms with van der Waals surface area (Å²) in [5.74, 6) is 1.22. The summed E-state index contributed by atoms with van der Waals surface area (Å²) in [5.41, 5.74) is -1.39. The number of rotatable bonds is 77. The van der Waals surface area contributed by atoms with Crippen LogP contribution in [0.5, 0.6) is 0 Å². The van der Waals surface area contributed by atoms with Gasteiger partial charge >= 0.3 is 49.2 Å². The fourth-order valence-corrected chi connectivity index (χ4v) is 13.5. The Balaban J connectivity index is -0.000000138. The summed E-state index contributed by atoms with van der Waals surface area (Å²) in [6.07, 6.45) is 3.12. The van der Waals surface area contributed by atoms with Gasteiger partial charge in [-0.2, -0.15) is 39.5 Å². The number of ether oxygens (including phenoxy) is 20. The zero-order chi connectivity index (χ0) is 98.2. The zero-order valence-electron chi connectivity index (χ0n) is 75.2. The third-order valence-corrected chi connectivity index (χ3v) is 20.8. The van der Waals surface area contributed by atoms with Gasteiger partial charge in [0.05, 0.1) is 48.6 Å². The molecule has 1 aliphatic heterocycles. The number of aryl methyl sites for hydroxylation is 4. The van der Waals surface area contributed by atoms with Gasteiger partial charge in [-0.15, -0.1) is 10.2 Å². The van der Waals surface area contributed by atoms with Crippen LogP contribution in [-0.4, -0.2) is 317 Å². The monoisotopic (exact) mass is 2240 g/mol. The number of nitrogens with zero attached hydrogens (tertiary/aromatic N) is 6. The number of halogens is 8. The van der Waals surface area contributed by atoms with Crippen LogP contribution in [0.25, 0.3) is 0 Å². The molecule has 55 heteroatoms. The molecule has 3 rings (SSSR count). The first-order valence-electron chi connectivity index (χ1n) is 42.5. The van der Waals surface area contributed by atoms with Gasteiger partial charge in [-0.05, 0) is 101 Å². The standard InChI is InChI=1S/C37H56F4N6O19.C30H48F4O19.C11H20OS2.16CH4/c1-37(26-61-30(22-57-33(49)53-12-16-63-38)23-58-34(50)54-13-17-64-39,27-62-31(24-59-35(51)55-14-18-65-40)25-60-36(52)56-15-19-66-41)32(48)8-6-4-3-5-7-11-47-21-29(43-45-47)10-9-28-20-46(2)44-42-28;1-3-4-5-6-7-8-25(35)30(2,21-48-23(17-44-26(36)40-9-13-50-31)18-45-27(37)41-10-14-51-32)22-49-24(19-46-28(38)42-11-15-52-33)20-47-29(39)43-12-16-53-34;1-9(2)11(12)6-4-3-5-10-7-8-13-14-10;;;;;;;;;;;;;;;;/h20-21,30-31H,3-19,22-27H2,1-2H3;23-24H,3-22H2,1-2H3;9-10H,3-8H2,1-2H3;16*1H4. The minimum Gasteiger partial charge on any atom is -0.432 e. The number of hydrogen-bond donors (Lipinski definition) is 0. The molecular weight excluding hydrogens is 2050 g/mol. The number of unbranched alkanes of at least 4 members (excludes halogenated alkanes) is 9. The van der Waals surface area contributed by atoms with E-state index in [-0.39, 0.29) is 143 Å². The minimum absolute atomic E-state index is 0. The smallest absolute Gasteiger partial charge is 0.432 e. The molecule has 0 saturated carbocycles. The number of Topliss-reactive ketones (excluding diaryl/α,β-unsaturated/α-hetero) is 3. The molecule has 0 N–H and O–H groups in total. The highest BCUT2D eigenvalue weighted by atomic mass is 33.1. The van der Waals surface area contributed by atoms with Gasteiger partial charge in [0, 0.05) is 62.2 Å². The molecule has 1 unspecified atom stereocenters. The summed E-state index contributed by atoms with van der Waals surface area (Å²) in [7, 11) is 5.83. The van der Waals surface area contributed by atoms with E-state index in [4.69, 9.17) is 56.8 Å². The Labute approximate surface area is 887 Å². The molecule has 0 amide bonds. The van der Waals surface area contributed by atoms with Crippen LogP contribution < -0.4 is 0 Å². The van der Waals surface area contributed by atoms with Gasteiger partial charge in [0.25, 0.3) is 0 Å². The van der Waals surface area contributed by atoms with Crippen LogP contribution in [-0.2, 0) is 175 Å². The van der Waals surface area contributed by atoms with Crippen molar-refractivity contribution >= 4 is 88.2 Å². The van der Waals surface area contributed by atoms with Gasteiger partial charge in [-0.1, -0.05) is 223 Å². The molecule has 1 atom stereocenters. The lowest BCUT2D eigenvalue weighted by molar-refractivity contribution is -0.152. The molecule has 149 heavy (non-hydrogen) atoms. The highest BCUT2D eigenvalue weighted by Crippen LogP contribution is 2.40. The molecule has 1 saturated heterocycles. The van der Waals surface area contributed by atoms with E-state index >= 15 is 0 Å². The Hall–Kier alpha value is -8.89. The summed E-state index contributed by atoms with van der Waals surface area (Å²) in [4.78, 5) is 161. The van der Waals surface area contributed by atoms with Crippen LogP contribution in [0.15, 0.2) is 12.4 Å². The largest absolute Gasteiger partial charge is 0.508 e. The van der Waals surface area contributed by atoms with Crippen molar-refractivity contribution in [3.63, 3.8) is 0 Å². The molecule has 45 nitrogen and oxygen atoms in total. The van der Waals surface area contributed by atoms with Crippen molar-refractivity contribution in [3.05, 3.63) is 23.8 Å². The number of carbonyl (C=O) groups excluding carboxylic acids is 11. The third-order valence-electron chi connectivity index (χ3n) is 17.8. The Bertz CT molecular complexity index is 3200. The molecule has 0 radical (unpaired) electrons. The highest BCUT2D eigenvalue weighted by molar-refractivity contribution is 8.77. The molecule has 2 aromatic heterocycles. The second-order valence-electron chi connectivity index (χ2n) is 29.2. The SMILES string of the molecule is C.C.C.C.C.C.C.C.C.C.C.C.C.C.C.C.CC(C)C(=O)CCCCC1CCSS1.CCCCCCCC(=O)C(C)(COC(COC(=O)OCCOF)COC(=O)OCCOF)COC(COC(=O)OCCOF)COC(=O)OCCOF.Cn1cc(CCc2cn(CCCCCCCC(=O)C(C)(COC(COC(=O)OCCOF)COC(=O)OCCOF)COC(COC(=O)OCCOF)COC(=O)OCCOF)nn2)nn1. The van der Waals surface area contributed by atoms with Gasteiger partial charge in [0.15, 0.2) is 0 Å². The first-order valence-corrected chi connectivity index (χ1v) is 44.9. The maximum atomic E-state index is 14.0. The summed E-state index contributed by atoms with van der Waals surface area (Å²) in [6.45, 7) is -6.10. The highest BCUT2D eigenvalue weighted by Gasteiger charge is 2.39. The second-order valence-corrected chi connectivity index (χ2v) is 32.0. The molecular formula is C94H188F8N6O39S2. The van der Waals surface area contributed by atoms with Crippen LogP contribution in [0.1, 0.15) is 274 Å². The van der Waals surface area contributed by atoms with Crippen LogP contribution in [0.4, 0.5) is 74.6 Å². The fourth-order valence-electron chi connectivity index (χ4n) is 10.5. The van der Waals surface area contributed by atoms with Crippen molar-refractivity contribution in [1.82, 2.24) is 30.0 Å². The second kappa shape index (κ2) is 116. The maximum absolute atomic E-state index is 14.0. The number of ketones is 3. The van der Waals surface area contributed by atoms with Crippen LogP contribution in [0, 0.1) is 16.7 Å². The van der Waals surface area contributed by atoms with Crippen LogP contribution in [0.2, 0.25) is 0 Å². The molecule has 3 heterocycles. The van der Waals surface area contributed by atoms with Crippen molar-refractivity contribution < 1.29 is 223 Å². The topological polar surface area (TPSA) is 508 Å². The van der Waals surface area contributed by atoms with Gasteiger partial charge in [-0.25, -0.2) is 38.4 Å². The molecule has 1 fully saturated rings. The van der Waals surface area contributed by atoms with E-state index in [2.05, 4.69) is 98.1 Å². The molecule has 1 aliphatic rings. The molecule has 0 aliphatic carbocycles. The summed E-state index contributed by atoms with van der Waals surface area (Å²) in [5, 5.41) is 17.3. The molecule has 0 bridgehead atoms. The number of hydrogen-bond acceptors (Lipinski definition) is 45. The quantitative estimate of drug-likeness (QED) is 0.0195. The Morgan fingerprint density at radius 3 is 0.846 bits per heavy atom. The van der Waals surface area contributed by atoms with E-state index in [0.29, 0.717) is 44.4 Å². The van der Waals surface area contributed by atoms with Crippen LogP contribution in [0.3, 0.4) is 0 Å². The lowest BCUT2D eigenvalue weighted by atomic mass is 9.84. The lowest BCUT2D eigenvalue weighted by Crippen LogP contribution is -2.43. The molecule has 896 valence electrons. The number of carbonyl (C=O) groups is 11. The van der Waals surface area contributed by atoms with Crippen molar-refractivity contribution in [2.45, 2.75) is 312 Å². The van der Waals surface area contributed by atoms with E-state index < -0.39 is 275 Å². The Morgan fingerprint density at radius 2 is 0.597 bits per heavy atom. The summed E-state index contributed by atoms with van der Waals surface area (Å²) >= 11 is 0. The van der Waals surface area contributed by atoms with Crippen LogP contribution >= 0.6 is 21.6 Å². The van der Waals surface area contributed by atoms with E-state index in [1.54, 1.807) is 16.4 Å². The fraction of sp³-hybridized carbons (Fsp3) is 0.840. The number of aromatic nitrogens is 6. The molecule has 0 aromatic carbocycles. The van der Waals surface area contributed by atoms with Gasteiger partial charge < -0.3 is 94.7 Å². The van der Waals surface area contributed by atoms with E-state index in [1.165, 1.54) is 38.9 Å². The van der Waals surface area contributed by atoms with Gasteiger partial charge in [0.2, 0.25) is 0 Å². The first-order chi connectivity index (χ1) is 64.1. The van der Waals surface area contributed by atoms with Gasteiger partial charge in [-0.3, -0.25) is 23.7 Å². The molecule has 2 aromatic rings. The van der Waals surface area contributed by atoms with Crippen molar-refractivity contribution in [2.75, 3.05) is 191 Å². The van der Waals surface area contributed by atoms with Gasteiger partial charge in [0.1, 0.15) is 200 Å². The minimum atomic E-state index is -1.57. The first kappa shape index (κ1) is 176. The normalized spacial score (nSPS) is 11.1. The summed E-state index contributed by atoms with van der Waals surface area (Å²) in [6, 6.07) is 0. The maximum Gasteiger partial charge on any atom is 0.508 e. The van der Waals surface area contributed by atoms with E-state index in [9.17, 15) is 88.9 Å². The van der Waals surface area contributed by atoms with Crippen molar-refractivity contribution in [1.29, 1.82) is 0 Å². The average Bonchev–Trinajstić information content (AvgIpc) is 1.53. The average molecular weight is 2240 g/mol. The third kappa shape index (κ3) is 95.9. The van der Waals surface area contributed by atoms with E-state index in [1.807, 2.05) is 54.8 Å². The van der Waals surface area contributed by atoms with E-state index in [0.717, 1.165) is 74.4 Å². The predicted octanol–water partition coefficient (Wildman–Crippen LogP) is 23.1. The zero-order valence-corrected chi connectivity index (χ0v) is 76.8. The Morgan fingerprint density at radius 1 is 0.342 bits per heavy atom. The lowest BCUT2D eigenvalue weighted by Gasteiger charge is -2.31. The molecule has 0 spiro atoms. The Kier molecular flexibility index (Phi) is 137.